The normalized spacial score (nSPS) is 10.9. The molecule has 0 fully saturated rings. The number of aromatic nitrogens is 1. The number of hydrogen-bond donors (Lipinski definition) is 2. The van der Waals surface area contributed by atoms with E-state index in [0.717, 1.165) is 4.70 Å². The molecular weight excluding hydrogens is 418 g/mol. The molecule has 0 saturated carbocycles. The fourth-order valence-corrected chi connectivity index (χ4v) is 3.40. The van der Waals surface area contributed by atoms with Gasteiger partial charge >= 0.3 is 0 Å². The average Bonchev–Trinajstić information content (AvgIpc) is 2.85. The first-order valence-corrected chi connectivity index (χ1v) is 8.20. The van der Waals surface area contributed by atoms with Gasteiger partial charge in [-0.2, -0.15) is 0 Å². The molecule has 0 bridgehead atoms. The second-order valence-corrected chi connectivity index (χ2v) is 6.88. The highest BCUT2D eigenvalue weighted by Gasteiger charge is 2.13. The van der Waals surface area contributed by atoms with E-state index >= 15 is 0 Å². The Morgan fingerprint density at radius 3 is 2.86 bits per heavy atom. The topological polar surface area (TPSA) is 62.2 Å². The second-order valence-electron chi connectivity index (χ2n) is 4.69. The maximum absolute atomic E-state index is 13.7. The lowest BCUT2D eigenvalue weighted by Crippen LogP contribution is -2.12. The van der Waals surface area contributed by atoms with E-state index in [4.69, 9.17) is 0 Å². The van der Waals surface area contributed by atoms with Gasteiger partial charge in [0.15, 0.2) is 5.13 Å². The predicted octanol–water partition coefficient (Wildman–Crippen LogP) is 4.31. The van der Waals surface area contributed by atoms with Crippen molar-refractivity contribution >= 4 is 55.2 Å². The molecule has 3 aromatic rings. The van der Waals surface area contributed by atoms with Crippen molar-refractivity contribution in [3.05, 3.63) is 50.8 Å². The monoisotopic (exact) mass is 428 g/mol. The molecule has 7 heteroatoms. The molecule has 4 nitrogen and oxygen atoms in total. The van der Waals surface area contributed by atoms with E-state index < -0.39 is 11.7 Å². The maximum Gasteiger partial charge on any atom is 0.257 e. The number of aromatic hydroxyl groups is 1. The van der Waals surface area contributed by atoms with Gasteiger partial charge in [-0.3, -0.25) is 10.1 Å². The number of hydrogen-bond acceptors (Lipinski definition) is 4. The van der Waals surface area contributed by atoms with Crippen molar-refractivity contribution in [2.75, 3.05) is 5.32 Å². The summed E-state index contributed by atoms with van der Waals surface area (Å²) in [5.41, 5.74) is 1.45. The molecule has 0 unspecified atom stereocenters. The molecule has 0 atom stereocenters. The van der Waals surface area contributed by atoms with Crippen molar-refractivity contribution in [2.45, 2.75) is 6.92 Å². The van der Waals surface area contributed by atoms with Crippen LogP contribution < -0.4 is 5.32 Å². The van der Waals surface area contributed by atoms with Crippen LogP contribution in [-0.2, 0) is 0 Å². The number of nitrogens with one attached hydrogen (secondary N) is 1. The minimum absolute atomic E-state index is 0.143. The van der Waals surface area contributed by atoms with Crippen molar-refractivity contribution < 1.29 is 14.3 Å². The van der Waals surface area contributed by atoms with Crippen LogP contribution in [0.1, 0.15) is 15.9 Å². The van der Waals surface area contributed by atoms with Crippen LogP contribution >= 0.6 is 33.9 Å². The molecule has 0 radical (unpaired) electrons. The molecular formula is C15H10FIN2O2S. The first-order valence-electron chi connectivity index (χ1n) is 6.30. The zero-order chi connectivity index (χ0) is 15.9. The number of phenols is 1. The summed E-state index contributed by atoms with van der Waals surface area (Å²) in [4.78, 5) is 16.5. The Hall–Kier alpha value is -1.74. The van der Waals surface area contributed by atoms with Crippen molar-refractivity contribution in [3.63, 3.8) is 0 Å². The molecule has 2 N–H and O–H groups in total. The minimum Gasteiger partial charge on any atom is -0.508 e. The molecule has 0 aliphatic rings. The number of halogens is 2. The SMILES string of the molecule is Cc1c(F)cc(C(=O)Nc2nc3ccc(O)cc3s2)cc1I. The van der Waals surface area contributed by atoms with Gasteiger partial charge < -0.3 is 5.11 Å². The number of phenolic OH excluding ortho intramolecular Hbond substituents is 1. The Balaban J connectivity index is 1.89. The molecule has 1 heterocycles. The first kappa shape index (κ1) is 15.2. The highest BCUT2D eigenvalue weighted by Crippen LogP contribution is 2.29. The number of thiazole rings is 1. The number of rotatable bonds is 2. The Bertz CT molecular complexity index is 871. The molecule has 22 heavy (non-hydrogen) atoms. The standard InChI is InChI=1S/C15H10FIN2O2S/c1-7-10(16)4-8(5-11(7)17)14(21)19-15-18-12-3-2-9(20)6-13(12)22-15/h2-6,20H,1H3,(H,18,19,21). The van der Waals surface area contributed by atoms with Gasteiger partial charge in [-0.25, -0.2) is 9.37 Å². The van der Waals surface area contributed by atoms with Crippen molar-refractivity contribution in [2.24, 2.45) is 0 Å². The van der Waals surface area contributed by atoms with E-state index in [1.165, 1.54) is 23.5 Å². The number of nitrogens with zero attached hydrogens (tertiary/aromatic N) is 1. The summed E-state index contributed by atoms with van der Waals surface area (Å²) in [5, 5.41) is 12.5. The van der Waals surface area contributed by atoms with Crippen LogP contribution in [0, 0.1) is 16.3 Å². The van der Waals surface area contributed by atoms with E-state index in [-0.39, 0.29) is 11.3 Å². The Labute approximate surface area is 143 Å². The van der Waals surface area contributed by atoms with Gasteiger partial charge in [-0.1, -0.05) is 11.3 Å². The van der Waals surface area contributed by atoms with E-state index in [9.17, 15) is 14.3 Å². The fraction of sp³-hybridized carbons (Fsp3) is 0.0667. The Morgan fingerprint density at radius 2 is 2.14 bits per heavy atom. The third-order valence-corrected chi connectivity index (χ3v) is 5.19. The smallest absolute Gasteiger partial charge is 0.257 e. The van der Waals surface area contributed by atoms with E-state index in [1.54, 1.807) is 25.1 Å². The first-order chi connectivity index (χ1) is 10.4. The average molecular weight is 428 g/mol. The van der Waals surface area contributed by atoms with Crippen molar-refractivity contribution in [3.8, 4) is 5.75 Å². The third-order valence-electron chi connectivity index (χ3n) is 3.14. The Kier molecular flexibility index (Phi) is 4.00. The van der Waals surface area contributed by atoms with Gasteiger partial charge in [0, 0.05) is 9.13 Å². The maximum atomic E-state index is 13.7. The van der Waals surface area contributed by atoms with Crippen LogP contribution in [0.4, 0.5) is 9.52 Å². The molecule has 1 aromatic heterocycles. The van der Waals surface area contributed by atoms with E-state index in [2.05, 4.69) is 10.3 Å². The molecule has 2 aromatic carbocycles. The van der Waals surface area contributed by atoms with Gasteiger partial charge in [0.25, 0.3) is 5.91 Å². The molecule has 1 amide bonds. The van der Waals surface area contributed by atoms with Crippen molar-refractivity contribution in [1.29, 1.82) is 0 Å². The van der Waals surface area contributed by atoms with Gasteiger partial charge in [0.1, 0.15) is 11.6 Å². The lowest BCUT2D eigenvalue weighted by atomic mass is 10.1. The number of benzene rings is 2. The summed E-state index contributed by atoms with van der Waals surface area (Å²) in [6.07, 6.45) is 0. The summed E-state index contributed by atoms with van der Waals surface area (Å²) in [6, 6.07) is 7.63. The summed E-state index contributed by atoms with van der Waals surface area (Å²) < 4.78 is 15.2. The fourth-order valence-electron chi connectivity index (χ4n) is 1.91. The number of carbonyl (C=O) groups excluding carboxylic acids is 1. The van der Waals surface area contributed by atoms with Crippen LogP contribution in [0.5, 0.6) is 5.75 Å². The zero-order valence-electron chi connectivity index (χ0n) is 11.4. The number of fused-ring (bicyclic) bond motifs is 1. The van der Waals surface area contributed by atoms with Gasteiger partial charge in [-0.05, 0) is 65.4 Å². The summed E-state index contributed by atoms with van der Waals surface area (Å²) >= 11 is 3.24. The summed E-state index contributed by atoms with van der Waals surface area (Å²) in [5.74, 6) is -0.685. The lowest BCUT2D eigenvalue weighted by molar-refractivity contribution is 0.102. The van der Waals surface area contributed by atoms with Gasteiger partial charge in [0.2, 0.25) is 0 Å². The molecule has 0 spiro atoms. The number of anilines is 1. The quantitative estimate of drug-likeness (QED) is 0.599. The van der Waals surface area contributed by atoms with E-state index in [0.29, 0.717) is 19.8 Å². The van der Waals surface area contributed by atoms with Gasteiger partial charge in [0.05, 0.1) is 10.2 Å². The van der Waals surface area contributed by atoms with E-state index in [1.807, 2.05) is 22.6 Å². The molecule has 0 aliphatic carbocycles. The number of amides is 1. The zero-order valence-corrected chi connectivity index (χ0v) is 14.3. The molecule has 3 rings (SSSR count). The lowest BCUT2D eigenvalue weighted by Gasteiger charge is -2.05. The van der Waals surface area contributed by atoms with Crippen LogP contribution in [0.2, 0.25) is 0 Å². The van der Waals surface area contributed by atoms with Crippen LogP contribution in [0.15, 0.2) is 30.3 Å². The Morgan fingerprint density at radius 1 is 1.36 bits per heavy atom. The van der Waals surface area contributed by atoms with Crippen molar-refractivity contribution in [1.82, 2.24) is 4.98 Å². The number of carbonyl (C=O) groups is 1. The molecule has 0 aliphatic heterocycles. The molecule has 112 valence electrons. The highest BCUT2D eigenvalue weighted by molar-refractivity contribution is 14.1. The van der Waals surface area contributed by atoms with Gasteiger partial charge in [-0.15, -0.1) is 0 Å². The van der Waals surface area contributed by atoms with Crippen LogP contribution in [-0.4, -0.2) is 16.0 Å². The predicted molar refractivity (Wildman–Crippen MR) is 93.1 cm³/mol. The highest BCUT2D eigenvalue weighted by atomic mass is 127. The second kappa shape index (κ2) is 5.81. The summed E-state index contributed by atoms with van der Waals surface area (Å²) in [6.45, 7) is 1.67. The molecule has 0 saturated heterocycles. The summed E-state index contributed by atoms with van der Waals surface area (Å²) in [7, 11) is 0. The largest absolute Gasteiger partial charge is 0.508 e. The third kappa shape index (κ3) is 2.91. The van der Waals surface area contributed by atoms with Crippen LogP contribution in [0.3, 0.4) is 0 Å². The van der Waals surface area contributed by atoms with Crippen LogP contribution in [0.25, 0.3) is 10.2 Å². The minimum atomic E-state index is -0.417.